The van der Waals surface area contributed by atoms with Gasteiger partial charge in [-0.05, 0) is 25.8 Å². The number of amides is 1. The van der Waals surface area contributed by atoms with Gasteiger partial charge in [-0.25, -0.2) is 0 Å². The summed E-state index contributed by atoms with van der Waals surface area (Å²) in [5.41, 5.74) is 0. The fourth-order valence-electron chi connectivity index (χ4n) is 2.40. The van der Waals surface area contributed by atoms with Crippen molar-refractivity contribution >= 4 is 11.9 Å². The lowest BCUT2D eigenvalue weighted by atomic mass is 10.2. The Balaban J connectivity index is 2.34. The minimum absolute atomic E-state index is 0.0201. The van der Waals surface area contributed by atoms with Crippen LogP contribution >= 0.6 is 0 Å². The fraction of sp³-hybridized carbons (Fsp3) is 0.833. The zero-order valence-corrected chi connectivity index (χ0v) is 10.4. The summed E-state index contributed by atoms with van der Waals surface area (Å²) in [6, 6.07) is 0.399. The summed E-state index contributed by atoms with van der Waals surface area (Å²) < 4.78 is 0. The van der Waals surface area contributed by atoms with Crippen molar-refractivity contribution in [2.75, 3.05) is 20.1 Å². The highest BCUT2D eigenvalue weighted by Crippen LogP contribution is 2.23. The maximum absolute atomic E-state index is 11.1. The largest absolute Gasteiger partial charge is 0.480 e. The van der Waals surface area contributed by atoms with Crippen LogP contribution in [0.3, 0.4) is 0 Å². The van der Waals surface area contributed by atoms with E-state index in [0.717, 1.165) is 19.3 Å². The van der Waals surface area contributed by atoms with Crippen LogP contribution in [0.2, 0.25) is 0 Å². The van der Waals surface area contributed by atoms with Crippen molar-refractivity contribution in [2.24, 2.45) is 0 Å². The number of nitrogens with one attached hydrogen (secondary N) is 1. The number of carbonyl (C=O) groups is 2. The Morgan fingerprint density at radius 1 is 1.35 bits per heavy atom. The predicted molar refractivity (Wildman–Crippen MR) is 64.8 cm³/mol. The first-order valence-electron chi connectivity index (χ1n) is 6.30. The molecule has 1 aliphatic carbocycles. The number of carboxylic acid groups (broad SMARTS) is 1. The first-order chi connectivity index (χ1) is 8.13. The van der Waals surface area contributed by atoms with Gasteiger partial charge in [0.15, 0.2) is 0 Å². The van der Waals surface area contributed by atoms with Gasteiger partial charge in [-0.1, -0.05) is 12.8 Å². The Kier molecular flexibility index (Phi) is 5.97. The Morgan fingerprint density at radius 3 is 2.53 bits per heavy atom. The monoisotopic (exact) mass is 242 g/mol. The zero-order valence-electron chi connectivity index (χ0n) is 10.4. The van der Waals surface area contributed by atoms with Crippen molar-refractivity contribution in [3.8, 4) is 0 Å². The van der Waals surface area contributed by atoms with Gasteiger partial charge in [-0.2, -0.15) is 0 Å². The van der Waals surface area contributed by atoms with E-state index in [9.17, 15) is 9.59 Å². The number of carbonyl (C=O) groups excluding carboxylic acids is 1. The molecule has 1 saturated carbocycles. The minimum Gasteiger partial charge on any atom is -0.480 e. The molecule has 0 atom stereocenters. The summed E-state index contributed by atoms with van der Waals surface area (Å²) >= 11 is 0. The molecule has 0 bridgehead atoms. The zero-order chi connectivity index (χ0) is 12.7. The van der Waals surface area contributed by atoms with Crippen LogP contribution in [0.25, 0.3) is 0 Å². The highest BCUT2D eigenvalue weighted by molar-refractivity contribution is 5.75. The molecule has 98 valence electrons. The lowest BCUT2D eigenvalue weighted by Gasteiger charge is -2.26. The molecule has 5 nitrogen and oxygen atoms in total. The molecule has 0 aromatic carbocycles. The van der Waals surface area contributed by atoms with Crippen LogP contribution < -0.4 is 5.32 Å². The maximum Gasteiger partial charge on any atom is 0.317 e. The highest BCUT2D eigenvalue weighted by atomic mass is 16.4. The van der Waals surface area contributed by atoms with Gasteiger partial charge in [0.1, 0.15) is 0 Å². The second-order valence-corrected chi connectivity index (χ2v) is 4.58. The first kappa shape index (κ1) is 14.0. The summed E-state index contributed by atoms with van der Waals surface area (Å²) in [6.07, 6.45) is 5.76. The van der Waals surface area contributed by atoms with Crippen LogP contribution in [-0.2, 0) is 9.59 Å². The van der Waals surface area contributed by atoms with Gasteiger partial charge in [0.2, 0.25) is 5.91 Å². The molecule has 0 aromatic rings. The SMILES string of the molecule is CNC(=O)CCCN(CC(=O)O)C1CCCC1. The summed E-state index contributed by atoms with van der Waals surface area (Å²) in [4.78, 5) is 23.9. The molecule has 0 aliphatic heterocycles. The molecule has 0 radical (unpaired) electrons. The molecule has 5 heteroatoms. The van der Waals surface area contributed by atoms with Crippen molar-refractivity contribution in [1.82, 2.24) is 10.2 Å². The second kappa shape index (κ2) is 7.27. The van der Waals surface area contributed by atoms with Crippen molar-refractivity contribution in [2.45, 2.75) is 44.6 Å². The summed E-state index contributed by atoms with van der Waals surface area (Å²) in [5, 5.41) is 11.5. The summed E-state index contributed by atoms with van der Waals surface area (Å²) in [5.74, 6) is -0.761. The topological polar surface area (TPSA) is 69.6 Å². The van der Waals surface area contributed by atoms with Gasteiger partial charge in [-0.3, -0.25) is 14.5 Å². The predicted octanol–water partition coefficient (Wildman–Crippen LogP) is 0.842. The van der Waals surface area contributed by atoms with Gasteiger partial charge in [0.25, 0.3) is 0 Å². The molecule has 1 aliphatic rings. The van der Waals surface area contributed by atoms with Gasteiger partial charge >= 0.3 is 5.97 Å². The van der Waals surface area contributed by atoms with Gasteiger partial charge in [0, 0.05) is 19.5 Å². The van der Waals surface area contributed by atoms with E-state index in [1.54, 1.807) is 7.05 Å². The molecule has 17 heavy (non-hydrogen) atoms. The van der Waals surface area contributed by atoms with Crippen LogP contribution in [0.4, 0.5) is 0 Å². The lowest BCUT2D eigenvalue weighted by molar-refractivity contribution is -0.138. The number of rotatable bonds is 7. The van der Waals surface area contributed by atoms with E-state index in [1.807, 2.05) is 4.90 Å². The van der Waals surface area contributed by atoms with E-state index >= 15 is 0 Å². The minimum atomic E-state index is -0.781. The molecule has 0 spiro atoms. The highest BCUT2D eigenvalue weighted by Gasteiger charge is 2.23. The van der Waals surface area contributed by atoms with E-state index in [0.29, 0.717) is 19.0 Å². The van der Waals surface area contributed by atoms with Crippen LogP contribution in [-0.4, -0.2) is 48.1 Å². The Bertz CT molecular complexity index is 262. The Morgan fingerprint density at radius 2 is 2.00 bits per heavy atom. The fourth-order valence-corrected chi connectivity index (χ4v) is 2.40. The smallest absolute Gasteiger partial charge is 0.317 e. The molecule has 1 fully saturated rings. The average Bonchev–Trinajstić information content (AvgIpc) is 2.80. The molecule has 0 saturated heterocycles. The number of nitrogens with zero attached hydrogens (tertiary/aromatic N) is 1. The number of hydrogen-bond donors (Lipinski definition) is 2. The number of hydrogen-bond acceptors (Lipinski definition) is 3. The van der Waals surface area contributed by atoms with Crippen molar-refractivity contribution in [1.29, 1.82) is 0 Å². The number of aliphatic carboxylic acids is 1. The molecule has 2 N–H and O–H groups in total. The molecule has 1 amide bonds. The van der Waals surface area contributed by atoms with Gasteiger partial charge in [-0.15, -0.1) is 0 Å². The van der Waals surface area contributed by atoms with Crippen LogP contribution in [0.15, 0.2) is 0 Å². The summed E-state index contributed by atoms with van der Waals surface area (Å²) in [7, 11) is 1.62. The first-order valence-corrected chi connectivity index (χ1v) is 6.30. The van der Waals surface area contributed by atoms with Crippen LogP contribution in [0, 0.1) is 0 Å². The maximum atomic E-state index is 11.1. The van der Waals surface area contributed by atoms with E-state index in [2.05, 4.69) is 5.32 Å². The molecular weight excluding hydrogens is 220 g/mol. The second-order valence-electron chi connectivity index (χ2n) is 4.58. The Hall–Kier alpha value is -1.10. The summed E-state index contributed by atoms with van der Waals surface area (Å²) in [6.45, 7) is 0.794. The standard InChI is InChI=1S/C12H22N2O3/c1-13-11(15)7-4-8-14(9-12(16)17)10-5-2-3-6-10/h10H,2-9H2,1H3,(H,13,15)(H,16,17). The third-order valence-electron chi connectivity index (χ3n) is 3.31. The van der Waals surface area contributed by atoms with E-state index in [1.165, 1.54) is 12.8 Å². The quantitative estimate of drug-likeness (QED) is 0.694. The average molecular weight is 242 g/mol. The lowest BCUT2D eigenvalue weighted by Crippen LogP contribution is -2.38. The van der Waals surface area contributed by atoms with Gasteiger partial charge < -0.3 is 10.4 Å². The molecule has 0 unspecified atom stereocenters. The third kappa shape index (κ3) is 5.17. The van der Waals surface area contributed by atoms with Crippen molar-refractivity contribution in [3.63, 3.8) is 0 Å². The van der Waals surface area contributed by atoms with E-state index < -0.39 is 5.97 Å². The van der Waals surface area contributed by atoms with Crippen LogP contribution in [0.1, 0.15) is 38.5 Å². The molecule has 1 rings (SSSR count). The van der Waals surface area contributed by atoms with Crippen molar-refractivity contribution in [3.05, 3.63) is 0 Å². The molecular formula is C12H22N2O3. The Labute approximate surface area is 102 Å². The van der Waals surface area contributed by atoms with E-state index in [-0.39, 0.29) is 12.5 Å². The molecule has 0 aromatic heterocycles. The molecule has 0 heterocycles. The van der Waals surface area contributed by atoms with Crippen molar-refractivity contribution < 1.29 is 14.7 Å². The van der Waals surface area contributed by atoms with Gasteiger partial charge in [0.05, 0.1) is 6.54 Å². The number of carboxylic acids is 1. The normalized spacial score (nSPS) is 16.4. The van der Waals surface area contributed by atoms with Crippen LogP contribution in [0.5, 0.6) is 0 Å². The third-order valence-corrected chi connectivity index (χ3v) is 3.31. The van der Waals surface area contributed by atoms with E-state index in [4.69, 9.17) is 5.11 Å².